The van der Waals surface area contributed by atoms with Gasteiger partial charge >= 0.3 is 0 Å². The Balaban J connectivity index is 1.71. The Kier molecular flexibility index (Phi) is 5.19. The van der Waals surface area contributed by atoms with Crippen LogP contribution >= 0.6 is 11.3 Å². The van der Waals surface area contributed by atoms with Crippen LogP contribution in [0, 0.1) is 0 Å². The molecule has 0 spiro atoms. The van der Waals surface area contributed by atoms with Crippen molar-refractivity contribution >= 4 is 21.4 Å². The number of benzene rings is 1. The van der Waals surface area contributed by atoms with E-state index < -0.39 is 10.0 Å². The lowest BCUT2D eigenvalue weighted by atomic mass is 9.73. The molecule has 1 aliphatic rings. The van der Waals surface area contributed by atoms with E-state index in [9.17, 15) is 8.42 Å². The summed E-state index contributed by atoms with van der Waals surface area (Å²) in [6, 6.07) is 13.6. The zero-order chi connectivity index (χ0) is 16.2. The molecule has 124 valence electrons. The van der Waals surface area contributed by atoms with Crippen LogP contribution in [0.25, 0.3) is 0 Å². The van der Waals surface area contributed by atoms with Gasteiger partial charge in [0.1, 0.15) is 0 Å². The lowest BCUT2D eigenvalue weighted by molar-refractivity contribution is 0.298. The maximum absolute atomic E-state index is 12.4. The van der Waals surface area contributed by atoms with E-state index in [0.717, 1.165) is 18.4 Å². The maximum atomic E-state index is 12.4. The first-order valence-electron chi connectivity index (χ1n) is 8.15. The second-order valence-corrected chi connectivity index (χ2v) is 9.14. The summed E-state index contributed by atoms with van der Waals surface area (Å²) in [5.41, 5.74) is 0.810. The van der Waals surface area contributed by atoms with Crippen molar-refractivity contribution < 1.29 is 8.42 Å². The smallest absolute Gasteiger partial charge is 0.214 e. The van der Waals surface area contributed by atoms with Gasteiger partial charge in [0.25, 0.3) is 0 Å². The monoisotopic (exact) mass is 349 g/mol. The summed E-state index contributed by atoms with van der Waals surface area (Å²) in [7, 11) is -3.31. The van der Waals surface area contributed by atoms with Crippen molar-refractivity contribution in [1.29, 1.82) is 0 Å². The fraction of sp³-hybridized carbons (Fsp3) is 0.444. The maximum Gasteiger partial charge on any atom is 0.215 e. The number of nitrogens with one attached hydrogen (secondary N) is 1. The molecule has 1 aromatic heterocycles. The van der Waals surface area contributed by atoms with E-state index in [1.54, 1.807) is 11.3 Å². The molecule has 0 radical (unpaired) electrons. The summed E-state index contributed by atoms with van der Waals surface area (Å²) in [6.45, 7) is 0.517. The highest BCUT2D eigenvalue weighted by Gasteiger charge is 2.35. The molecule has 2 aromatic rings. The van der Waals surface area contributed by atoms with E-state index in [1.165, 1.54) is 24.1 Å². The quantitative estimate of drug-likeness (QED) is 0.854. The molecule has 1 fully saturated rings. The van der Waals surface area contributed by atoms with Crippen LogP contribution in [0.5, 0.6) is 0 Å². The molecule has 1 saturated carbocycles. The Bertz CT molecular complexity index is 703. The highest BCUT2D eigenvalue weighted by molar-refractivity contribution is 7.88. The van der Waals surface area contributed by atoms with Crippen molar-refractivity contribution in [2.45, 2.75) is 43.3 Å². The zero-order valence-electron chi connectivity index (χ0n) is 13.2. The van der Waals surface area contributed by atoms with Gasteiger partial charge in [-0.15, -0.1) is 11.3 Å². The van der Waals surface area contributed by atoms with E-state index >= 15 is 0 Å². The molecule has 1 heterocycles. The molecule has 0 saturated heterocycles. The highest BCUT2D eigenvalue weighted by atomic mass is 32.2. The molecule has 0 aliphatic heterocycles. The van der Waals surface area contributed by atoms with Gasteiger partial charge in [-0.3, -0.25) is 0 Å². The molecule has 0 bridgehead atoms. The summed E-state index contributed by atoms with van der Waals surface area (Å²) in [5, 5.41) is 2.09. The number of thiophene rings is 1. The van der Waals surface area contributed by atoms with Gasteiger partial charge in [0.2, 0.25) is 10.0 Å². The molecule has 0 amide bonds. The first-order valence-corrected chi connectivity index (χ1v) is 10.7. The fourth-order valence-corrected chi connectivity index (χ4v) is 5.63. The predicted molar refractivity (Wildman–Crippen MR) is 96.2 cm³/mol. The minimum atomic E-state index is -3.31. The van der Waals surface area contributed by atoms with Crippen molar-refractivity contribution in [3.05, 3.63) is 58.3 Å². The number of rotatable bonds is 6. The second-order valence-electron chi connectivity index (χ2n) is 6.38. The normalized spacial score (nSPS) is 17.9. The van der Waals surface area contributed by atoms with Gasteiger partial charge in [-0.1, -0.05) is 55.7 Å². The summed E-state index contributed by atoms with van der Waals surface area (Å²) in [5.74, 6) is 0.0500. The van der Waals surface area contributed by atoms with E-state index in [1.807, 2.05) is 30.3 Å². The van der Waals surface area contributed by atoms with Crippen LogP contribution in [-0.2, 0) is 21.2 Å². The van der Waals surface area contributed by atoms with Crippen LogP contribution in [0.15, 0.2) is 47.8 Å². The van der Waals surface area contributed by atoms with Crippen LogP contribution in [0.3, 0.4) is 0 Å². The van der Waals surface area contributed by atoms with Crippen LogP contribution in [0.2, 0.25) is 0 Å². The summed E-state index contributed by atoms with van der Waals surface area (Å²) < 4.78 is 27.8. The van der Waals surface area contributed by atoms with Crippen LogP contribution in [-0.4, -0.2) is 15.0 Å². The van der Waals surface area contributed by atoms with Crippen molar-refractivity contribution in [2.75, 3.05) is 6.54 Å². The minimum absolute atomic E-state index is 0.0177. The van der Waals surface area contributed by atoms with Gasteiger partial charge in [-0.25, -0.2) is 13.1 Å². The fourth-order valence-electron chi connectivity index (χ4n) is 3.41. The Morgan fingerprint density at radius 3 is 2.39 bits per heavy atom. The van der Waals surface area contributed by atoms with E-state index in [-0.39, 0.29) is 11.2 Å². The second kappa shape index (κ2) is 7.16. The third kappa shape index (κ3) is 4.22. The van der Waals surface area contributed by atoms with Gasteiger partial charge in [0, 0.05) is 16.8 Å². The molecule has 1 aliphatic carbocycles. The Hall–Kier alpha value is -1.17. The van der Waals surface area contributed by atoms with Gasteiger partial charge in [0.15, 0.2) is 0 Å². The van der Waals surface area contributed by atoms with Gasteiger partial charge in [0.05, 0.1) is 5.75 Å². The van der Waals surface area contributed by atoms with Crippen molar-refractivity contribution in [2.24, 2.45) is 0 Å². The molecule has 1 N–H and O–H groups in total. The molecule has 1 aromatic carbocycles. The van der Waals surface area contributed by atoms with Crippen LogP contribution in [0.4, 0.5) is 0 Å². The molecule has 23 heavy (non-hydrogen) atoms. The zero-order valence-corrected chi connectivity index (χ0v) is 14.8. The average molecular weight is 350 g/mol. The topological polar surface area (TPSA) is 46.2 Å². The number of hydrogen-bond acceptors (Lipinski definition) is 3. The van der Waals surface area contributed by atoms with E-state index in [4.69, 9.17) is 0 Å². The summed E-state index contributed by atoms with van der Waals surface area (Å²) in [6.07, 6.45) is 5.75. The van der Waals surface area contributed by atoms with Crippen molar-refractivity contribution in [3.8, 4) is 0 Å². The highest BCUT2D eigenvalue weighted by Crippen LogP contribution is 2.41. The largest absolute Gasteiger partial charge is 0.215 e. The lowest BCUT2D eigenvalue weighted by Gasteiger charge is -2.36. The third-order valence-electron chi connectivity index (χ3n) is 4.68. The first kappa shape index (κ1) is 16.7. The van der Waals surface area contributed by atoms with Gasteiger partial charge in [-0.2, -0.15) is 0 Å². The minimum Gasteiger partial charge on any atom is -0.214 e. The van der Waals surface area contributed by atoms with Gasteiger partial charge in [-0.05, 0) is 29.9 Å². The van der Waals surface area contributed by atoms with E-state index in [2.05, 4.69) is 22.2 Å². The predicted octanol–water partition coefficient (Wildman–Crippen LogP) is 4.07. The van der Waals surface area contributed by atoms with Crippen LogP contribution in [0.1, 0.15) is 42.5 Å². The SMILES string of the molecule is O=S(=O)(Cc1ccccc1)NCC1(c2cccs2)CCCCC1. The Morgan fingerprint density at radius 2 is 1.74 bits per heavy atom. The molecular formula is C18H23NO2S2. The Morgan fingerprint density at radius 1 is 1.00 bits per heavy atom. The molecular weight excluding hydrogens is 326 g/mol. The molecule has 0 unspecified atom stereocenters. The number of sulfonamides is 1. The van der Waals surface area contributed by atoms with Crippen molar-refractivity contribution in [1.82, 2.24) is 4.72 Å². The lowest BCUT2D eigenvalue weighted by Crippen LogP contribution is -2.42. The summed E-state index contributed by atoms with van der Waals surface area (Å²) >= 11 is 1.75. The number of hydrogen-bond donors (Lipinski definition) is 1. The first-order chi connectivity index (χ1) is 11.1. The van der Waals surface area contributed by atoms with Gasteiger partial charge < -0.3 is 0 Å². The molecule has 3 rings (SSSR count). The van der Waals surface area contributed by atoms with E-state index in [0.29, 0.717) is 6.54 Å². The third-order valence-corrected chi connectivity index (χ3v) is 7.10. The molecule has 0 atom stereocenters. The van der Waals surface area contributed by atoms with Crippen LogP contribution < -0.4 is 4.72 Å². The molecule has 5 heteroatoms. The average Bonchev–Trinajstić information content (AvgIpc) is 3.10. The Labute approximate surface area is 142 Å². The molecule has 3 nitrogen and oxygen atoms in total. The summed E-state index contributed by atoms with van der Waals surface area (Å²) in [4.78, 5) is 1.32. The van der Waals surface area contributed by atoms with Crippen molar-refractivity contribution in [3.63, 3.8) is 0 Å². The standard InChI is InChI=1S/C18H23NO2S2/c20-23(21,14-16-8-3-1-4-9-16)19-15-18(11-5-2-6-12-18)17-10-7-13-22-17/h1,3-4,7-10,13,19H,2,5-6,11-12,14-15H2.